The number of aromatic nitrogens is 1. The molecule has 5 nitrogen and oxygen atoms in total. The maximum Gasteiger partial charge on any atom is 0.410 e. The van der Waals surface area contributed by atoms with E-state index in [1.165, 1.54) is 5.69 Å². The Kier molecular flexibility index (Phi) is 6.75. The first-order valence-electron chi connectivity index (χ1n) is 7.62. The summed E-state index contributed by atoms with van der Waals surface area (Å²) in [6.45, 7) is 10.7. The van der Waals surface area contributed by atoms with Crippen molar-refractivity contribution in [2.75, 3.05) is 19.6 Å². The first-order chi connectivity index (χ1) is 9.83. The third-order valence-corrected chi connectivity index (χ3v) is 3.06. The van der Waals surface area contributed by atoms with E-state index in [9.17, 15) is 4.79 Å². The van der Waals surface area contributed by atoms with E-state index in [-0.39, 0.29) is 6.09 Å². The highest BCUT2D eigenvalue weighted by atomic mass is 16.6. The van der Waals surface area contributed by atoms with Crippen LogP contribution in [0.15, 0.2) is 18.3 Å². The summed E-state index contributed by atoms with van der Waals surface area (Å²) >= 11 is 0. The van der Waals surface area contributed by atoms with Crippen molar-refractivity contribution in [3.8, 4) is 0 Å². The molecule has 1 aromatic heterocycles. The molecular weight excluding hydrogens is 266 g/mol. The van der Waals surface area contributed by atoms with Gasteiger partial charge in [0.05, 0.1) is 0 Å². The second kappa shape index (κ2) is 8.08. The summed E-state index contributed by atoms with van der Waals surface area (Å²) in [5, 5.41) is 3.36. The molecule has 21 heavy (non-hydrogen) atoms. The van der Waals surface area contributed by atoms with Gasteiger partial charge < -0.3 is 19.5 Å². The molecule has 0 aromatic carbocycles. The normalized spacial score (nSPS) is 11.5. The first kappa shape index (κ1) is 17.6. The van der Waals surface area contributed by atoms with Crippen LogP contribution in [0.4, 0.5) is 4.79 Å². The van der Waals surface area contributed by atoms with E-state index in [1.807, 2.05) is 40.1 Å². The minimum absolute atomic E-state index is 0.231. The van der Waals surface area contributed by atoms with Crippen LogP contribution in [-0.4, -0.2) is 40.8 Å². The summed E-state index contributed by atoms with van der Waals surface area (Å²) in [5.41, 5.74) is 0.786. The molecule has 1 aromatic rings. The number of carbonyl (C=O) groups excluding carboxylic acids is 1. The van der Waals surface area contributed by atoms with Crippen LogP contribution in [0.2, 0.25) is 0 Å². The SMILES string of the molecule is CCCN(CCNCc1cccn1C)C(=O)OC(C)(C)C. The fraction of sp³-hybridized carbons (Fsp3) is 0.688. The zero-order valence-electron chi connectivity index (χ0n) is 14.0. The summed E-state index contributed by atoms with van der Waals surface area (Å²) in [6, 6.07) is 4.12. The van der Waals surface area contributed by atoms with Crippen molar-refractivity contribution >= 4 is 6.09 Å². The highest BCUT2D eigenvalue weighted by molar-refractivity contribution is 5.68. The fourth-order valence-electron chi connectivity index (χ4n) is 2.00. The minimum atomic E-state index is -0.445. The van der Waals surface area contributed by atoms with Crippen LogP contribution < -0.4 is 5.32 Å². The van der Waals surface area contributed by atoms with Crippen molar-refractivity contribution in [2.24, 2.45) is 7.05 Å². The van der Waals surface area contributed by atoms with Gasteiger partial charge in [0.2, 0.25) is 0 Å². The van der Waals surface area contributed by atoms with Crippen molar-refractivity contribution in [1.29, 1.82) is 0 Å². The van der Waals surface area contributed by atoms with E-state index in [0.717, 1.165) is 26.1 Å². The Morgan fingerprint density at radius 2 is 2.10 bits per heavy atom. The summed E-state index contributed by atoms with van der Waals surface area (Å²) < 4.78 is 7.52. The molecule has 0 unspecified atom stereocenters. The van der Waals surface area contributed by atoms with Crippen LogP contribution in [0.1, 0.15) is 39.8 Å². The molecule has 0 saturated heterocycles. The molecule has 1 rings (SSSR count). The van der Waals surface area contributed by atoms with Crippen LogP contribution in [-0.2, 0) is 18.3 Å². The van der Waals surface area contributed by atoms with E-state index < -0.39 is 5.60 Å². The largest absolute Gasteiger partial charge is 0.444 e. The molecule has 1 heterocycles. The molecule has 0 fully saturated rings. The molecule has 0 aliphatic rings. The molecule has 0 spiro atoms. The number of hydrogen-bond donors (Lipinski definition) is 1. The standard InChI is InChI=1S/C16H29N3O2/c1-6-10-19(15(20)21-16(2,3)4)12-9-17-13-14-8-7-11-18(14)5/h7-8,11,17H,6,9-10,12-13H2,1-5H3. The third-order valence-electron chi connectivity index (χ3n) is 3.06. The van der Waals surface area contributed by atoms with E-state index in [4.69, 9.17) is 4.74 Å². The molecule has 0 bridgehead atoms. The van der Waals surface area contributed by atoms with Crippen LogP contribution in [0.5, 0.6) is 0 Å². The quantitative estimate of drug-likeness (QED) is 0.787. The van der Waals surface area contributed by atoms with Gasteiger partial charge in [0, 0.05) is 45.1 Å². The number of rotatable bonds is 7. The Labute approximate surface area is 128 Å². The molecule has 0 aliphatic carbocycles. The number of ether oxygens (including phenoxy) is 1. The maximum atomic E-state index is 12.1. The molecule has 5 heteroatoms. The van der Waals surface area contributed by atoms with Crippen LogP contribution in [0, 0.1) is 0 Å². The second-order valence-corrected chi connectivity index (χ2v) is 6.25. The number of amides is 1. The van der Waals surface area contributed by atoms with Gasteiger partial charge in [0.15, 0.2) is 0 Å². The van der Waals surface area contributed by atoms with Crippen molar-refractivity contribution in [2.45, 2.75) is 46.3 Å². The van der Waals surface area contributed by atoms with Gasteiger partial charge in [-0.25, -0.2) is 4.79 Å². The van der Waals surface area contributed by atoms with E-state index >= 15 is 0 Å². The van der Waals surface area contributed by atoms with Gasteiger partial charge in [-0.2, -0.15) is 0 Å². The summed E-state index contributed by atoms with van der Waals surface area (Å²) in [7, 11) is 2.03. The van der Waals surface area contributed by atoms with Gasteiger partial charge in [-0.3, -0.25) is 0 Å². The van der Waals surface area contributed by atoms with Crippen LogP contribution >= 0.6 is 0 Å². The maximum absolute atomic E-state index is 12.1. The van der Waals surface area contributed by atoms with E-state index in [0.29, 0.717) is 6.54 Å². The molecule has 1 N–H and O–H groups in total. The highest BCUT2D eigenvalue weighted by Gasteiger charge is 2.21. The zero-order valence-corrected chi connectivity index (χ0v) is 14.0. The molecule has 0 aliphatic heterocycles. The molecule has 0 atom stereocenters. The average molecular weight is 295 g/mol. The fourth-order valence-corrected chi connectivity index (χ4v) is 2.00. The predicted molar refractivity (Wildman–Crippen MR) is 85.2 cm³/mol. The molecule has 0 saturated carbocycles. The lowest BCUT2D eigenvalue weighted by molar-refractivity contribution is 0.0252. The van der Waals surface area contributed by atoms with Gasteiger partial charge in [-0.05, 0) is 39.3 Å². The molecule has 120 valence electrons. The Morgan fingerprint density at radius 1 is 1.38 bits per heavy atom. The van der Waals surface area contributed by atoms with Crippen molar-refractivity contribution in [3.05, 3.63) is 24.0 Å². The van der Waals surface area contributed by atoms with Gasteiger partial charge in [-0.15, -0.1) is 0 Å². The zero-order chi connectivity index (χ0) is 15.9. The predicted octanol–water partition coefficient (Wildman–Crippen LogP) is 2.76. The summed E-state index contributed by atoms with van der Waals surface area (Å²) in [5.74, 6) is 0. The lowest BCUT2D eigenvalue weighted by atomic mass is 10.2. The number of aryl methyl sites for hydroxylation is 1. The number of nitrogens with zero attached hydrogens (tertiary/aromatic N) is 2. The molecule has 0 radical (unpaired) electrons. The van der Waals surface area contributed by atoms with Crippen molar-refractivity contribution in [3.63, 3.8) is 0 Å². The lowest BCUT2D eigenvalue weighted by Crippen LogP contribution is -2.40. The van der Waals surface area contributed by atoms with E-state index in [1.54, 1.807) is 4.90 Å². The van der Waals surface area contributed by atoms with Crippen molar-refractivity contribution < 1.29 is 9.53 Å². The Hall–Kier alpha value is -1.49. The molecular formula is C16H29N3O2. The second-order valence-electron chi connectivity index (χ2n) is 6.25. The minimum Gasteiger partial charge on any atom is -0.444 e. The van der Waals surface area contributed by atoms with Gasteiger partial charge in [0.25, 0.3) is 0 Å². The van der Waals surface area contributed by atoms with Gasteiger partial charge in [0.1, 0.15) is 5.60 Å². The summed E-state index contributed by atoms with van der Waals surface area (Å²) in [6.07, 6.45) is 2.73. The Morgan fingerprint density at radius 3 is 2.62 bits per heavy atom. The van der Waals surface area contributed by atoms with Gasteiger partial charge >= 0.3 is 6.09 Å². The van der Waals surface area contributed by atoms with Crippen LogP contribution in [0.3, 0.4) is 0 Å². The highest BCUT2D eigenvalue weighted by Crippen LogP contribution is 2.10. The average Bonchev–Trinajstić information content (AvgIpc) is 2.76. The van der Waals surface area contributed by atoms with Crippen LogP contribution in [0.25, 0.3) is 0 Å². The summed E-state index contributed by atoms with van der Waals surface area (Å²) in [4.78, 5) is 13.9. The topological polar surface area (TPSA) is 46.5 Å². The van der Waals surface area contributed by atoms with E-state index in [2.05, 4.69) is 22.9 Å². The number of nitrogens with one attached hydrogen (secondary N) is 1. The Bertz CT molecular complexity index is 435. The number of hydrogen-bond acceptors (Lipinski definition) is 3. The Balaban J connectivity index is 2.37. The molecule has 1 amide bonds. The smallest absolute Gasteiger partial charge is 0.410 e. The van der Waals surface area contributed by atoms with Gasteiger partial charge in [-0.1, -0.05) is 6.92 Å². The lowest BCUT2D eigenvalue weighted by Gasteiger charge is -2.27. The number of carbonyl (C=O) groups is 1. The monoisotopic (exact) mass is 295 g/mol. The van der Waals surface area contributed by atoms with Crippen molar-refractivity contribution in [1.82, 2.24) is 14.8 Å². The third kappa shape index (κ3) is 6.67. The first-order valence-corrected chi connectivity index (χ1v) is 7.62.